The van der Waals surface area contributed by atoms with E-state index in [9.17, 15) is 14.4 Å². The summed E-state index contributed by atoms with van der Waals surface area (Å²) in [6, 6.07) is 0. The third kappa shape index (κ3) is 44.8. The Balaban J connectivity index is 4.16. The number of esters is 3. The fourth-order valence-corrected chi connectivity index (χ4v) is 7.18. The summed E-state index contributed by atoms with van der Waals surface area (Å²) in [5, 5.41) is 0. The Kier molecular flexibility index (Phi) is 44.9. The summed E-state index contributed by atoms with van der Waals surface area (Å²) in [5.41, 5.74) is 0. The molecule has 0 aliphatic rings. The first-order valence-corrected chi connectivity index (χ1v) is 24.8. The molecule has 0 radical (unpaired) electrons. The zero-order valence-corrected chi connectivity index (χ0v) is 38.1. The quantitative estimate of drug-likeness (QED) is 0.0264. The molecule has 0 aliphatic heterocycles. The molecule has 0 aromatic carbocycles. The third-order valence-corrected chi connectivity index (χ3v) is 11.0. The van der Waals surface area contributed by atoms with Gasteiger partial charge in [-0.15, -0.1) is 0 Å². The van der Waals surface area contributed by atoms with E-state index >= 15 is 0 Å². The van der Waals surface area contributed by atoms with Gasteiger partial charge < -0.3 is 14.2 Å². The second kappa shape index (κ2) is 46.6. The van der Waals surface area contributed by atoms with Crippen LogP contribution in [0.2, 0.25) is 0 Å². The highest BCUT2D eigenvalue weighted by Gasteiger charge is 2.19. The van der Waals surface area contributed by atoms with Gasteiger partial charge in [-0.25, -0.2) is 0 Å². The van der Waals surface area contributed by atoms with Crippen molar-refractivity contribution >= 4 is 17.9 Å². The van der Waals surface area contributed by atoms with E-state index in [1.807, 2.05) is 0 Å². The van der Waals surface area contributed by atoms with Crippen molar-refractivity contribution in [3.05, 3.63) is 24.3 Å². The van der Waals surface area contributed by atoms with Crippen molar-refractivity contribution in [2.24, 2.45) is 0 Å². The molecule has 0 spiro atoms. The van der Waals surface area contributed by atoms with E-state index < -0.39 is 6.10 Å². The Hall–Kier alpha value is -2.11. The predicted octanol–water partition coefficient (Wildman–Crippen LogP) is 16.0. The van der Waals surface area contributed by atoms with Crippen LogP contribution in [0, 0.1) is 0 Å². The summed E-state index contributed by atoms with van der Waals surface area (Å²) >= 11 is 0. The molecule has 6 nitrogen and oxygen atoms in total. The molecular weight excluding hydrogens is 709 g/mol. The summed E-state index contributed by atoms with van der Waals surface area (Å²) in [6.07, 6.45) is 51.9. The SMILES string of the molecule is CCCCCC/C=C\C/C=C\CCCCCCCC(=O)OC(COC(=O)CCCCCCC)COC(=O)CCCCCCCCCCCCCCCCCCCC. The van der Waals surface area contributed by atoms with Crippen LogP contribution in [0.15, 0.2) is 24.3 Å². The van der Waals surface area contributed by atoms with Crippen LogP contribution in [0.25, 0.3) is 0 Å². The molecule has 0 heterocycles. The zero-order chi connectivity index (χ0) is 41.5. The Morgan fingerprint density at radius 3 is 0.982 bits per heavy atom. The molecule has 0 saturated carbocycles. The van der Waals surface area contributed by atoms with Gasteiger partial charge in [-0.05, 0) is 51.4 Å². The maximum absolute atomic E-state index is 12.7. The fraction of sp³-hybridized carbons (Fsp3) is 0.863. The Morgan fingerprint density at radius 1 is 0.351 bits per heavy atom. The summed E-state index contributed by atoms with van der Waals surface area (Å²) in [7, 11) is 0. The zero-order valence-electron chi connectivity index (χ0n) is 38.1. The van der Waals surface area contributed by atoms with E-state index in [1.54, 1.807) is 0 Å². The minimum atomic E-state index is -0.770. The van der Waals surface area contributed by atoms with Crippen molar-refractivity contribution in [2.75, 3.05) is 13.2 Å². The van der Waals surface area contributed by atoms with Gasteiger partial charge in [-0.1, -0.05) is 218 Å². The van der Waals surface area contributed by atoms with Gasteiger partial charge in [0.15, 0.2) is 6.10 Å². The highest BCUT2D eigenvalue weighted by atomic mass is 16.6. The van der Waals surface area contributed by atoms with Gasteiger partial charge in [0.1, 0.15) is 13.2 Å². The molecule has 0 aromatic heterocycles. The number of hydrogen-bond acceptors (Lipinski definition) is 6. The molecule has 1 atom stereocenters. The van der Waals surface area contributed by atoms with Crippen molar-refractivity contribution in [1.29, 1.82) is 0 Å². The van der Waals surface area contributed by atoms with Crippen LogP contribution in [0.3, 0.4) is 0 Å². The van der Waals surface area contributed by atoms with Crippen molar-refractivity contribution in [2.45, 2.75) is 271 Å². The third-order valence-electron chi connectivity index (χ3n) is 11.0. The highest BCUT2D eigenvalue weighted by Crippen LogP contribution is 2.16. The molecule has 0 aliphatic carbocycles. The number of unbranched alkanes of at least 4 members (excludes halogenated alkanes) is 30. The lowest BCUT2D eigenvalue weighted by Crippen LogP contribution is -2.30. The van der Waals surface area contributed by atoms with E-state index in [0.29, 0.717) is 19.3 Å². The van der Waals surface area contributed by atoms with Gasteiger partial charge in [0.05, 0.1) is 0 Å². The molecular formula is C51H94O6. The van der Waals surface area contributed by atoms with Crippen LogP contribution < -0.4 is 0 Å². The van der Waals surface area contributed by atoms with E-state index in [1.165, 1.54) is 141 Å². The standard InChI is InChI=1S/C51H94O6/c1-4-7-10-13-15-17-19-21-23-25-26-28-29-31-33-35-38-41-44-50(53)56-47-48(46-55-49(52)43-40-37-12-9-6-3)57-51(54)45-42-39-36-34-32-30-27-24-22-20-18-16-14-11-8-5-2/h18,20,24,27,48H,4-17,19,21-23,25-26,28-47H2,1-3H3/b20-18-,27-24-. The fourth-order valence-electron chi connectivity index (χ4n) is 7.18. The van der Waals surface area contributed by atoms with E-state index in [0.717, 1.165) is 83.5 Å². The van der Waals surface area contributed by atoms with E-state index in [2.05, 4.69) is 45.1 Å². The molecule has 0 amide bonds. The first-order chi connectivity index (χ1) is 28.0. The number of carbonyl (C=O) groups is 3. The maximum atomic E-state index is 12.7. The number of allylic oxidation sites excluding steroid dienone is 4. The van der Waals surface area contributed by atoms with Gasteiger partial charge in [0, 0.05) is 19.3 Å². The second-order valence-electron chi connectivity index (χ2n) is 16.7. The monoisotopic (exact) mass is 803 g/mol. The van der Waals surface area contributed by atoms with Crippen LogP contribution in [0.4, 0.5) is 0 Å². The van der Waals surface area contributed by atoms with Crippen molar-refractivity contribution in [3.63, 3.8) is 0 Å². The summed E-state index contributed by atoms with van der Waals surface area (Å²) in [4.78, 5) is 37.6. The lowest BCUT2D eigenvalue weighted by atomic mass is 10.0. The molecule has 1 unspecified atom stereocenters. The normalized spacial score (nSPS) is 12.1. The largest absolute Gasteiger partial charge is 0.462 e. The molecule has 6 heteroatoms. The first kappa shape index (κ1) is 54.9. The smallest absolute Gasteiger partial charge is 0.306 e. The second-order valence-corrected chi connectivity index (χ2v) is 16.7. The van der Waals surface area contributed by atoms with Gasteiger partial charge >= 0.3 is 17.9 Å². The topological polar surface area (TPSA) is 78.9 Å². The van der Waals surface area contributed by atoms with Gasteiger partial charge in [0.2, 0.25) is 0 Å². The predicted molar refractivity (Wildman–Crippen MR) is 243 cm³/mol. The van der Waals surface area contributed by atoms with Gasteiger partial charge in [-0.2, -0.15) is 0 Å². The van der Waals surface area contributed by atoms with Crippen molar-refractivity contribution in [1.82, 2.24) is 0 Å². The number of rotatable bonds is 45. The number of hydrogen-bond donors (Lipinski definition) is 0. The number of carbonyl (C=O) groups excluding carboxylic acids is 3. The maximum Gasteiger partial charge on any atom is 0.306 e. The van der Waals surface area contributed by atoms with Gasteiger partial charge in [0.25, 0.3) is 0 Å². The summed E-state index contributed by atoms with van der Waals surface area (Å²) in [5.74, 6) is -0.891. The van der Waals surface area contributed by atoms with Crippen molar-refractivity contribution < 1.29 is 28.6 Å². The average Bonchev–Trinajstić information content (AvgIpc) is 3.21. The average molecular weight is 803 g/mol. The van der Waals surface area contributed by atoms with Crippen LogP contribution in [-0.2, 0) is 28.6 Å². The summed E-state index contributed by atoms with van der Waals surface area (Å²) < 4.78 is 16.6. The Morgan fingerprint density at radius 2 is 0.632 bits per heavy atom. The molecule has 57 heavy (non-hydrogen) atoms. The van der Waals surface area contributed by atoms with Crippen LogP contribution >= 0.6 is 0 Å². The molecule has 0 N–H and O–H groups in total. The molecule has 0 saturated heterocycles. The van der Waals surface area contributed by atoms with Crippen LogP contribution in [0.1, 0.15) is 265 Å². The van der Waals surface area contributed by atoms with Crippen LogP contribution in [0.5, 0.6) is 0 Å². The lowest BCUT2D eigenvalue weighted by Gasteiger charge is -2.18. The summed E-state index contributed by atoms with van der Waals surface area (Å²) in [6.45, 7) is 6.55. The minimum absolute atomic E-state index is 0.0737. The van der Waals surface area contributed by atoms with Gasteiger partial charge in [-0.3, -0.25) is 14.4 Å². The first-order valence-electron chi connectivity index (χ1n) is 24.8. The van der Waals surface area contributed by atoms with Crippen molar-refractivity contribution in [3.8, 4) is 0 Å². The lowest BCUT2D eigenvalue weighted by molar-refractivity contribution is -0.167. The highest BCUT2D eigenvalue weighted by molar-refractivity contribution is 5.71. The Labute approximate surface area is 353 Å². The molecule has 334 valence electrons. The molecule has 0 bridgehead atoms. The van der Waals surface area contributed by atoms with E-state index in [-0.39, 0.29) is 31.1 Å². The minimum Gasteiger partial charge on any atom is -0.462 e. The molecule has 0 aromatic rings. The molecule has 0 fully saturated rings. The number of ether oxygens (including phenoxy) is 3. The Bertz CT molecular complexity index is 927. The van der Waals surface area contributed by atoms with E-state index in [4.69, 9.17) is 14.2 Å². The molecule has 0 rings (SSSR count). The van der Waals surface area contributed by atoms with Crippen LogP contribution in [-0.4, -0.2) is 37.2 Å².